The second kappa shape index (κ2) is 4.93. The Kier molecular flexibility index (Phi) is 3.54. The van der Waals surface area contributed by atoms with Crippen molar-refractivity contribution in [2.75, 3.05) is 13.7 Å². The fourth-order valence-electron chi connectivity index (χ4n) is 1.77. The summed E-state index contributed by atoms with van der Waals surface area (Å²) in [6, 6.07) is 2.57. The highest BCUT2D eigenvalue weighted by molar-refractivity contribution is 7.71. The molecule has 1 aromatic heterocycles. The maximum atomic E-state index is 13.7. The molecule has 2 aromatic rings. The van der Waals surface area contributed by atoms with Crippen LogP contribution in [0, 0.1) is 16.4 Å². The molecule has 0 saturated carbocycles. The molecule has 1 heterocycles. The molecule has 0 radical (unpaired) electrons. The molecule has 0 amide bonds. The van der Waals surface area contributed by atoms with E-state index in [1.807, 2.05) is 0 Å². The number of fused-ring (bicyclic) bond motifs is 1. The van der Waals surface area contributed by atoms with Gasteiger partial charge in [0.15, 0.2) is 16.4 Å². The van der Waals surface area contributed by atoms with Crippen molar-refractivity contribution in [1.82, 2.24) is 9.55 Å². The molecule has 0 aliphatic carbocycles. The molecule has 0 bridgehead atoms. The summed E-state index contributed by atoms with van der Waals surface area (Å²) in [5.41, 5.74) is 0.692. The molecule has 92 valence electrons. The first-order valence-corrected chi connectivity index (χ1v) is 5.61. The van der Waals surface area contributed by atoms with E-state index in [-0.39, 0.29) is 5.52 Å². The van der Waals surface area contributed by atoms with Crippen molar-refractivity contribution >= 4 is 23.3 Å². The smallest absolute Gasteiger partial charge is 0.184 e. The topological polar surface area (TPSA) is 29.9 Å². The van der Waals surface area contributed by atoms with Gasteiger partial charge < -0.3 is 14.3 Å². The largest absolute Gasteiger partial charge is 0.385 e. The van der Waals surface area contributed by atoms with Gasteiger partial charge in [-0.25, -0.2) is 8.78 Å². The van der Waals surface area contributed by atoms with E-state index in [0.29, 0.717) is 29.9 Å². The van der Waals surface area contributed by atoms with E-state index in [9.17, 15) is 8.78 Å². The van der Waals surface area contributed by atoms with Gasteiger partial charge >= 0.3 is 0 Å². The summed E-state index contributed by atoms with van der Waals surface area (Å²) in [5, 5.41) is 0. The molecule has 0 aliphatic heterocycles. The molecule has 0 saturated heterocycles. The van der Waals surface area contributed by atoms with Crippen molar-refractivity contribution in [3.8, 4) is 0 Å². The summed E-state index contributed by atoms with van der Waals surface area (Å²) < 4.78 is 33.7. The van der Waals surface area contributed by atoms with Gasteiger partial charge in [-0.2, -0.15) is 0 Å². The van der Waals surface area contributed by atoms with Crippen LogP contribution in [-0.4, -0.2) is 23.3 Å². The van der Waals surface area contributed by atoms with Gasteiger partial charge in [0, 0.05) is 20.3 Å². The first-order chi connectivity index (χ1) is 8.15. The zero-order valence-corrected chi connectivity index (χ0v) is 10.1. The molecule has 6 heteroatoms. The number of halogens is 2. The van der Waals surface area contributed by atoms with Crippen molar-refractivity contribution in [2.45, 2.75) is 13.0 Å². The molecule has 17 heavy (non-hydrogen) atoms. The van der Waals surface area contributed by atoms with Gasteiger partial charge in [0.1, 0.15) is 5.52 Å². The molecule has 0 unspecified atom stereocenters. The number of hydrogen-bond donors (Lipinski definition) is 1. The number of nitrogens with one attached hydrogen (secondary N) is 1. The quantitative estimate of drug-likeness (QED) is 0.675. The Hall–Kier alpha value is -1.27. The minimum absolute atomic E-state index is 0.186. The number of methoxy groups -OCH3 is 1. The minimum Gasteiger partial charge on any atom is -0.385 e. The summed E-state index contributed by atoms with van der Waals surface area (Å²) in [6.07, 6.45) is 0.688. The number of ether oxygens (including phenoxy) is 1. The van der Waals surface area contributed by atoms with Gasteiger partial charge in [0.2, 0.25) is 0 Å². The van der Waals surface area contributed by atoms with Crippen molar-refractivity contribution < 1.29 is 13.5 Å². The number of H-pyrrole nitrogens is 1. The van der Waals surface area contributed by atoms with Gasteiger partial charge in [-0.3, -0.25) is 0 Å². The van der Waals surface area contributed by atoms with Crippen LogP contribution in [0.3, 0.4) is 0 Å². The third kappa shape index (κ3) is 2.23. The fourth-order valence-corrected chi connectivity index (χ4v) is 2.06. The number of aromatic nitrogens is 2. The molecule has 0 fully saturated rings. The van der Waals surface area contributed by atoms with Crippen LogP contribution in [0.15, 0.2) is 12.1 Å². The maximum Gasteiger partial charge on any atom is 0.184 e. The zero-order valence-electron chi connectivity index (χ0n) is 9.30. The molecular weight excluding hydrogens is 246 g/mol. The second-order valence-electron chi connectivity index (χ2n) is 3.69. The number of nitrogens with zero attached hydrogens (tertiary/aromatic N) is 1. The average Bonchev–Trinajstić information content (AvgIpc) is 2.62. The van der Waals surface area contributed by atoms with Crippen LogP contribution in [0.25, 0.3) is 11.0 Å². The Balaban J connectivity index is 2.49. The van der Waals surface area contributed by atoms with Crippen LogP contribution >= 0.6 is 12.2 Å². The number of imidazole rings is 1. The number of hydrogen-bond acceptors (Lipinski definition) is 2. The van der Waals surface area contributed by atoms with Crippen molar-refractivity contribution in [2.24, 2.45) is 0 Å². The van der Waals surface area contributed by atoms with E-state index >= 15 is 0 Å². The first kappa shape index (κ1) is 12.2. The lowest BCUT2D eigenvalue weighted by molar-refractivity contribution is 0.190. The number of rotatable bonds is 4. The van der Waals surface area contributed by atoms with E-state index < -0.39 is 11.6 Å². The fraction of sp³-hybridized carbons (Fsp3) is 0.364. The molecule has 0 spiro atoms. The lowest BCUT2D eigenvalue weighted by Gasteiger charge is -2.04. The van der Waals surface area contributed by atoms with E-state index in [1.54, 1.807) is 11.7 Å². The lowest BCUT2D eigenvalue weighted by atomic mass is 10.3. The summed E-state index contributed by atoms with van der Waals surface area (Å²) >= 11 is 5.08. The Morgan fingerprint density at radius 1 is 1.41 bits per heavy atom. The minimum atomic E-state index is -0.869. The van der Waals surface area contributed by atoms with Crippen molar-refractivity contribution in [3.63, 3.8) is 0 Å². The number of aryl methyl sites for hydroxylation is 1. The van der Waals surface area contributed by atoms with Crippen LogP contribution in [0.2, 0.25) is 0 Å². The molecule has 0 aliphatic rings. The monoisotopic (exact) mass is 258 g/mol. The highest BCUT2D eigenvalue weighted by Crippen LogP contribution is 2.20. The normalized spacial score (nSPS) is 11.2. The predicted octanol–water partition coefficient (Wildman–Crippen LogP) is 3.01. The van der Waals surface area contributed by atoms with E-state index in [1.165, 1.54) is 6.07 Å². The maximum absolute atomic E-state index is 13.7. The van der Waals surface area contributed by atoms with Crippen LogP contribution in [0.5, 0.6) is 0 Å². The summed E-state index contributed by atoms with van der Waals surface area (Å²) in [5.74, 6) is -1.74. The van der Waals surface area contributed by atoms with Crippen LogP contribution in [-0.2, 0) is 11.3 Å². The average molecular weight is 258 g/mol. The Bertz CT molecular complexity index is 591. The van der Waals surface area contributed by atoms with Crippen molar-refractivity contribution in [1.29, 1.82) is 0 Å². The van der Waals surface area contributed by atoms with E-state index in [2.05, 4.69) is 4.98 Å². The molecule has 1 aromatic carbocycles. The SMILES string of the molecule is COCCCn1c(=S)[nH]c2ccc(F)c(F)c21. The van der Waals surface area contributed by atoms with Gasteiger partial charge in [-0.05, 0) is 30.8 Å². The Morgan fingerprint density at radius 3 is 2.88 bits per heavy atom. The van der Waals surface area contributed by atoms with Gasteiger partial charge in [-0.15, -0.1) is 0 Å². The zero-order chi connectivity index (χ0) is 12.4. The molecule has 0 atom stereocenters. The molecule has 1 N–H and O–H groups in total. The standard InChI is InChI=1S/C11H12F2N2OS/c1-16-6-2-5-15-10-8(14-11(15)17)4-3-7(12)9(10)13/h3-4H,2,5-6H2,1H3,(H,14,17). The summed E-state index contributed by atoms with van der Waals surface area (Å²) in [6.45, 7) is 1.04. The predicted molar refractivity (Wildman–Crippen MR) is 63.5 cm³/mol. The highest BCUT2D eigenvalue weighted by Gasteiger charge is 2.13. The van der Waals surface area contributed by atoms with Crippen LogP contribution < -0.4 is 0 Å². The third-order valence-corrected chi connectivity index (χ3v) is 2.88. The van der Waals surface area contributed by atoms with Crippen molar-refractivity contribution in [3.05, 3.63) is 28.5 Å². The van der Waals surface area contributed by atoms with Gasteiger partial charge in [0.25, 0.3) is 0 Å². The Labute approximate surface area is 102 Å². The highest BCUT2D eigenvalue weighted by atomic mass is 32.1. The van der Waals surface area contributed by atoms with Crippen LogP contribution in [0.4, 0.5) is 8.78 Å². The molecule has 2 rings (SSSR count). The van der Waals surface area contributed by atoms with Crippen LogP contribution in [0.1, 0.15) is 6.42 Å². The first-order valence-electron chi connectivity index (χ1n) is 5.20. The summed E-state index contributed by atoms with van der Waals surface area (Å²) in [4.78, 5) is 2.85. The van der Waals surface area contributed by atoms with E-state index in [0.717, 1.165) is 6.07 Å². The molecular formula is C11H12F2N2OS. The van der Waals surface area contributed by atoms with Gasteiger partial charge in [0.05, 0.1) is 5.52 Å². The van der Waals surface area contributed by atoms with E-state index in [4.69, 9.17) is 17.0 Å². The second-order valence-corrected chi connectivity index (χ2v) is 4.07. The number of benzene rings is 1. The third-order valence-electron chi connectivity index (χ3n) is 2.56. The Morgan fingerprint density at radius 2 is 2.18 bits per heavy atom. The lowest BCUT2D eigenvalue weighted by Crippen LogP contribution is -2.03. The summed E-state index contributed by atoms with van der Waals surface area (Å²) in [7, 11) is 1.59. The molecule has 3 nitrogen and oxygen atoms in total. The van der Waals surface area contributed by atoms with Gasteiger partial charge in [-0.1, -0.05) is 0 Å². The number of aromatic amines is 1.